The van der Waals surface area contributed by atoms with E-state index in [9.17, 15) is 4.79 Å². The summed E-state index contributed by atoms with van der Waals surface area (Å²) in [5.41, 5.74) is 2.97. The molecule has 3 aromatic rings. The number of hydrogen-bond donors (Lipinski definition) is 1. The molecule has 0 saturated carbocycles. The first kappa shape index (κ1) is 24.1. The van der Waals surface area contributed by atoms with Crippen molar-refractivity contribution in [1.82, 2.24) is 14.8 Å². The van der Waals surface area contributed by atoms with Gasteiger partial charge in [-0.1, -0.05) is 65.8 Å². The van der Waals surface area contributed by atoms with Crippen molar-refractivity contribution in [1.29, 1.82) is 0 Å². The summed E-state index contributed by atoms with van der Waals surface area (Å²) in [6.07, 6.45) is 1.78. The molecule has 1 heterocycles. The fraction of sp³-hybridized carbons (Fsp3) is 0.292. The molecular formula is C24H27BrN4O2S. The average molecular weight is 515 g/mol. The molecule has 3 rings (SSSR count). The Bertz CT molecular complexity index is 1100. The molecule has 0 spiro atoms. The van der Waals surface area contributed by atoms with E-state index in [1.165, 1.54) is 11.8 Å². The van der Waals surface area contributed by atoms with E-state index >= 15 is 0 Å². The summed E-state index contributed by atoms with van der Waals surface area (Å²) in [6.45, 7) is 10.9. The lowest BCUT2D eigenvalue weighted by Crippen LogP contribution is -2.16. The Labute approximate surface area is 201 Å². The zero-order chi connectivity index (χ0) is 23.1. The molecule has 1 amide bonds. The molecule has 6 nitrogen and oxygen atoms in total. The van der Waals surface area contributed by atoms with Crippen molar-refractivity contribution in [2.75, 3.05) is 11.1 Å². The molecule has 0 atom stereocenters. The molecule has 8 heteroatoms. The fourth-order valence-electron chi connectivity index (χ4n) is 3.15. The molecule has 0 aliphatic carbocycles. The molecule has 0 saturated heterocycles. The Balaban J connectivity index is 1.65. The highest BCUT2D eigenvalue weighted by Gasteiger charge is 2.16. The van der Waals surface area contributed by atoms with Gasteiger partial charge in [0.15, 0.2) is 11.0 Å². The van der Waals surface area contributed by atoms with Gasteiger partial charge >= 0.3 is 0 Å². The first-order valence-electron chi connectivity index (χ1n) is 10.3. The average Bonchev–Trinajstić information content (AvgIpc) is 3.14. The lowest BCUT2D eigenvalue weighted by atomic mass is 10.0. The minimum Gasteiger partial charge on any atom is -0.485 e. The Morgan fingerprint density at radius 3 is 2.78 bits per heavy atom. The van der Waals surface area contributed by atoms with Crippen LogP contribution < -0.4 is 10.1 Å². The van der Waals surface area contributed by atoms with Crippen molar-refractivity contribution < 1.29 is 9.53 Å². The molecular weight excluding hydrogens is 488 g/mol. The molecule has 0 aliphatic rings. The number of rotatable bonds is 10. The van der Waals surface area contributed by atoms with Crippen LogP contribution in [0, 0.1) is 6.92 Å². The van der Waals surface area contributed by atoms with Gasteiger partial charge in [-0.3, -0.25) is 9.36 Å². The van der Waals surface area contributed by atoms with Gasteiger partial charge in [-0.15, -0.1) is 16.8 Å². The second-order valence-corrected chi connectivity index (χ2v) is 9.43. The van der Waals surface area contributed by atoms with Gasteiger partial charge in [-0.05, 0) is 48.2 Å². The van der Waals surface area contributed by atoms with E-state index in [0.717, 1.165) is 27.0 Å². The first-order valence-corrected chi connectivity index (χ1v) is 12.1. The third-order valence-electron chi connectivity index (χ3n) is 4.80. The van der Waals surface area contributed by atoms with Gasteiger partial charge in [-0.25, -0.2) is 0 Å². The topological polar surface area (TPSA) is 69.0 Å². The van der Waals surface area contributed by atoms with Gasteiger partial charge in [0.05, 0.1) is 5.75 Å². The van der Waals surface area contributed by atoms with Crippen LogP contribution in [0.15, 0.2) is 64.7 Å². The van der Waals surface area contributed by atoms with E-state index < -0.39 is 0 Å². The number of para-hydroxylation sites is 1. The number of ether oxygens (including phenoxy) is 1. The minimum absolute atomic E-state index is 0.0925. The molecule has 1 N–H and O–H groups in total. The minimum atomic E-state index is -0.0925. The van der Waals surface area contributed by atoms with Crippen molar-refractivity contribution in [3.8, 4) is 5.75 Å². The molecule has 0 aliphatic heterocycles. The van der Waals surface area contributed by atoms with Crippen LogP contribution in [0.25, 0.3) is 0 Å². The summed E-state index contributed by atoms with van der Waals surface area (Å²) >= 11 is 4.84. The van der Waals surface area contributed by atoms with E-state index in [-0.39, 0.29) is 18.3 Å². The lowest BCUT2D eigenvalue weighted by Gasteiger charge is -2.14. The summed E-state index contributed by atoms with van der Waals surface area (Å²) in [5.74, 6) is 1.92. The number of carbonyl (C=O) groups is 1. The highest BCUT2D eigenvalue weighted by molar-refractivity contribution is 9.10. The number of halogens is 1. The number of benzene rings is 2. The van der Waals surface area contributed by atoms with Crippen molar-refractivity contribution >= 4 is 39.3 Å². The largest absolute Gasteiger partial charge is 0.485 e. The monoisotopic (exact) mass is 514 g/mol. The standard InChI is InChI=1S/C24H27BrN4O2S/c1-5-12-29-22(14-31-21-9-7-6-8-17(21)4)27-28-24(29)32-15-23(30)26-20-11-10-18(25)13-19(20)16(2)3/h5-11,13,16H,1,12,14-15H2,2-4H3,(H,26,30). The van der Waals surface area contributed by atoms with E-state index in [1.54, 1.807) is 6.08 Å². The summed E-state index contributed by atoms with van der Waals surface area (Å²) in [7, 11) is 0. The number of aryl methyl sites for hydroxylation is 1. The molecule has 32 heavy (non-hydrogen) atoms. The second kappa shape index (κ2) is 11.3. The van der Waals surface area contributed by atoms with Gasteiger partial charge in [0.25, 0.3) is 0 Å². The number of aromatic nitrogens is 3. The summed E-state index contributed by atoms with van der Waals surface area (Å²) < 4.78 is 8.83. The van der Waals surface area contributed by atoms with Crippen molar-refractivity contribution in [3.63, 3.8) is 0 Å². The maximum absolute atomic E-state index is 12.6. The summed E-state index contributed by atoms with van der Waals surface area (Å²) in [6, 6.07) is 13.7. The van der Waals surface area contributed by atoms with Crippen LogP contribution >= 0.6 is 27.7 Å². The highest BCUT2D eigenvalue weighted by Crippen LogP contribution is 2.28. The number of amides is 1. The van der Waals surface area contributed by atoms with Crippen molar-refractivity contribution in [3.05, 3.63) is 76.5 Å². The van der Waals surface area contributed by atoms with E-state index in [2.05, 4.69) is 51.9 Å². The van der Waals surface area contributed by atoms with E-state index in [0.29, 0.717) is 23.4 Å². The van der Waals surface area contributed by atoms with Crippen LogP contribution in [0.4, 0.5) is 5.69 Å². The third kappa shape index (κ3) is 6.23. The molecule has 0 fully saturated rings. The zero-order valence-corrected chi connectivity index (χ0v) is 20.9. The van der Waals surface area contributed by atoms with E-state index in [1.807, 2.05) is 54.0 Å². The molecule has 0 radical (unpaired) electrons. The van der Waals surface area contributed by atoms with Gasteiger partial charge in [0, 0.05) is 16.7 Å². The quantitative estimate of drug-likeness (QED) is 0.266. The van der Waals surface area contributed by atoms with Gasteiger partial charge in [0.2, 0.25) is 5.91 Å². The Morgan fingerprint density at radius 2 is 2.06 bits per heavy atom. The van der Waals surface area contributed by atoms with Crippen LogP contribution in [-0.2, 0) is 17.9 Å². The van der Waals surface area contributed by atoms with Gasteiger partial charge in [0.1, 0.15) is 12.4 Å². The molecule has 2 aromatic carbocycles. The number of anilines is 1. The highest BCUT2D eigenvalue weighted by atomic mass is 79.9. The van der Waals surface area contributed by atoms with Crippen LogP contribution in [0.5, 0.6) is 5.75 Å². The summed E-state index contributed by atoms with van der Waals surface area (Å²) in [5, 5.41) is 12.2. The number of carbonyl (C=O) groups excluding carboxylic acids is 1. The summed E-state index contributed by atoms with van der Waals surface area (Å²) in [4.78, 5) is 12.6. The number of thioether (sulfide) groups is 1. The second-order valence-electron chi connectivity index (χ2n) is 7.58. The molecule has 1 aromatic heterocycles. The van der Waals surface area contributed by atoms with Crippen molar-refractivity contribution in [2.45, 2.75) is 45.0 Å². The Morgan fingerprint density at radius 1 is 1.28 bits per heavy atom. The normalized spacial score (nSPS) is 10.9. The number of nitrogens with one attached hydrogen (secondary N) is 1. The smallest absolute Gasteiger partial charge is 0.234 e. The Hall–Kier alpha value is -2.58. The van der Waals surface area contributed by atoms with E-state index in [4.69, 9.17) is 4.74 Å². The SMILES string of the molecule is C=CCn1c(COc2ccccc2C)nnc1SCC(=O)Nc1ccc(Br)cc1C(C)C. The predicted molar refractivity (Wildman–Crippen MR) is 133 cm³/mol. The maximum Gasteiger partial charge on any atom is 0.234 e. The van der Waals surface area contributed by atoms with Crippen LogP contribution in [-0.4, -0.2) is 26.4 Å². The van der Waals surface area contributed by atoms with Gasteiger partial charge in [-0.2, -0.15) is 0 Å². The fourth-order valence-corrected chi connectivity index (χ4v) is 4.29. The first-order chi connectivity index (χ1) is 15.4. The number of allylic oxidation sites excluding steroid dienone is 1. The Kier molecular flexibility index (Phi) is 8.53. The van der Waals surface area contributed by atoms with Crippen LogP contribution in [0.1, 0.15) is 36.7 Å². The maximum atomic E-state index is 12.6. The zero-order valence-electron chi connectivity index (χ0n) is 18.5. The number of hydrogen-bond acceptors (Lipinski definition) is 5. The molecule has 0 unspecified atom stereocenters. The molecule has 0 bridgehead atoms. The predicted octanol–water partition coefficient (Wildman–Crippen LogP) is 5.97. The van der Waals surface area contributed by atoms with Gasteiger partial charge < -0.3 is 10.1 Å². The lowest BCUT2D eigenvalue weighted by molar-refractivity contribution is -0.113. The molecule has 168 valence electrons. The number of nitrogens with zero attached hydrogens (tertiary/aromatic N) is 3. The van der Waals surface area contributed by atoms with Crippen LogP contribution in [0.3, 0.4) is 0 Å². The van der Waals surface area contributed by atoms with Crippen molar-refractivity contribution in [2.24, 2.45) is 0 Å². The third-order valence-corrected chi connectivity index (χ3v) is 6.26. The van der Waals surface area contributed by atoms with Crippen LogP contribution in [0.2, 0.25) is 0 Å².